The normalized spacial score (nSPS) is 10.7. The Labute approximate surface area is 121 Å². The van der Waals surface area contributed by atoms with Gasteiger partial charge in [-0.2, -0.15) is 0 Å². The molecule has 5 nitrogen and oxygen atoms in total. The maximum absolute atomic E-state index is 10.7. The van der Waals surface area contributed by atoms with E-state index in [2.05, 4.69) is 10.3 Å². The van der Waals surface area contributed by atoms with Crippen LogP contribution in [0.2, 0.25) is 0 Å². The van der Waals surface area contributed by atoms with Gasteiger partial charge < -0.3 is 14.8 Å². The molecule has 0 atom stereocenters. The molecule has 0 amide bonds. The first-order chi connectivity index (χ1) is 10.2. The topological polar surface area (TPSA) is 75.4 Å². The number of aromatic nitrogens is 1. The molecule has 3 rings (SSSR count). The molecule has 0 spiro atoms. The van der Waals surface area contributed by atoms with E-state index in [0.29, 0.717) is 12.4 Å². The highest BCUT2D eigenvalue weighted by Crippen LogP contribution is 2.17. The Kier molecular flexibility index (Phi) is 3.55. The van der Waals surface area contributed by atoms with Crippen molar-refractivity contribution in [3.63, 3.8) is 0 Å². The minimum Gasteiger partial charge on any atom is -0.475 e. The van der Waals surface area contributed by atoms with Gasteiger partial charge in [-0.05, 0) is 24.1 Å². The quantitative estimate of drug-likeness (QED) is 0.751. The minimum atomic E-state index is -1.07. The highest BCUT2D eigenvalue weighted by Gasteiger charge is 2.08. The number of hydrogen-bond donors (Lipinski definition) is 2. The summed E-state index contributed by atoms with van der Waals surface area (Å²) < 4.78 is 5.14. The molecule has 2 aromatic heterocycles. The average molecular weight is 282 g/mol. The molecular formula is C16H14N2O3. The maximum Gasteiger partial charge on any atom is 0.371 e. The van der Waals surface area contributed by atoms with Gasteiger partial charge >= 0.3 is 5.97 Å². The largest absolute Gasteiger partial charge is 0.475 e. The zero-order valence-corrected chi connectivity index (χ0v) is 11.2. The molecule has 2 N–H and O–H groups in total. The Morgan fingerprint density at radius 2 is 2.05 bits per heavy atom. The average Bonchev–Trinajstić information content (AvgIpc) is 2.97. The Bertz CT molecular complexity index is 775. The summed E-state index contributed by atoms with van der Waals surface area (Å²) in [5, 5.41) is 13.0. The first-order valence-corrected chi connectivity index (χ1v) is 6.63. The molecule has 0 saturated carbocycles. The summed E-state index contributed by atoms with van der Waals surface area (Å²) in [7, 11) is 0. The molecule has 0 saturated heterocycles. The van der Waals surface area contributed by atoms with Crippen LogP contribution in [0.25, 0.3) is 10.9 Å². The summed E-state index contributed by atoms with van der Waals surface area (Å²) in [6, 6.07) is 13.1. The van der Waals surface area contributed by atoms with E-state index in [4.69, 9.17) is 9.52 Å². The second kappa shape index (κ2) is 5.66. The van der Waals surface area contributed by atoms with Crippen molar-refractivity contribution in [2.24, 2.45) is 0 Å². The second-order valence-corrected chi connectivity index (χ2v) is 4.64. The van der Waals surface area contributed by atoms with Crippen LogP contribution in [-0.2, 0) is 6.42 Å². The first kappa shape index (κ1) is 13.2. The molecule has 5 heteroatoms. The number of nitrogens with zero attached hydrogens (tertiary/aromatic N) is 1. The fourth-order valence-electron chi connectivity index (χ4n) is 2.24. The standard InChI is InChI=1S/C16H14N2O3/c19-16(20)13-6-7-14(21-13)17-10-8-12-4-1-3-11-5-2-9-18-15(11)12/h1-7,9,17H,8,10H2,(H,19,20). The summed E-state index contributed by atoms with van der Waals surface area (Å²) in [5.74, 6) is -0.675. The number of para-hydroxylation sites is 1. The van der Waals surface area contributed by atoms with Gasteiger partial charge in [0.2, 0.25) is 5.76 Å². The molecule has 1 aromatic carbocycles. The van der Waals surface area contributed by atoms with E-state index < -0.39 is 5.97 Å². The maximum atomic E-state index is 10.7. The third-order valence-electron chi connectivity index (χ3n) is 3.23. The molecule has 0 aliphatic rings. The van der Waals surface area contributed by atoms with E-state index in [1.807, 2.05) is 30.3 Å². The lowest BCUT2D eigenvalue weighted by Gasteiger charge is -2.06. The molecule has 0 unspecified atom stereocenters. The van der Waals surface area contributed by atoms with Crippen LogP contribution in [0.3, 0.4) is 0 Å². The fraction of sp³-hybridized carbons (Fsp3) is 0.125. The van der Waals surface area contributed by atoms with E-state index in [1.165, 1.54) is 6.07 Å². The molecule has 2 heterocycles. The smallest absolute Gasteiger partial charge is 0.371 e. The molecule has 3 aromatic rings. The van der Waals surface area contributed by atoms with Crippen molar-refractivity contribution in [1.82, 2.24) is 4.98 Å². The summed E-state index contributed by atoms with van der Waals surface area (Å²) >= 11 is 0. The number of aromatic carboxylic acids is 1. The predicted molar refractivity (Wildman–Crippen MR) is 79.6 cm³/mol. The summed E-state index contributed by atoms with van der Waals surface area (Å²) in [5.41, 5.74) is 2.14. The summed E-state index contributed by atoms with van der Waals surface area (Å²) in [4.78, 5) is 15.1. The molecule has 21 heavy (non-hydrogen) atoms. The van der Waals surface area contributed by atoms with E-state index in [1.54, 1.807) is 12.3 Å². The van der Waals surface area contributed by atoms with Gasteiger partial charge in [0.05, 0.1) is 5.52 Å². The fourth-order valence-corrected chi connectivity index (χ4v) is 2.24. The van der Waals surface area contributed by atoms with Crippen LogP contribution >= 0.6 is 0 Å². The van der Waals surface area contributed by atoms with Crippen LogP contribution in [0, 0.1) is 0 Å². The molecular weight excluding hydrogens is 268 g/mol. The lowest BCUT2D eigenvalue weighted by Crippen LogP contribution is -2.05. The van der Waals surface area contributed by atoms with Gasteiger partial charge in [0.25, 0.3) is 0 Å². The molecule has 0 aliphatic carbocycles. The van der Waals surface area contributed by atoms with Gasteiger partial charge in [-0.1, -0.05) is 24.3 Å². The Hall–Kier alpha value is -2.82. The number of nitrogens with one attached hydrogen (secondary N) is 1. The van der Waals surface area contributed by atoms with Crippen molar-refractivity contribution in [3.05, 3.63) is 60.0 Å². The van der Waals surface area contributed by atoms with Crippen molar-refractivity contribution < 1.29 is 14.3 Å². The van der Waals surface area contributed by atoms with Crippen LogP contribution in [0.15, 0.2) is 53.1 Å². The zero-order valence-electron chi connectivity index (χ0n) is 11.2. The van der Waals surface area contributed by atoms with Gasteiger partial charge in [-0.25, -0.2) is 4.79 Å². The van der Waals surface area contributed by atoms with Crippen molar-refractivity contribution in [1.29, 1.82) is 0 Å². The second-order valence-electron chi connectivity index (χ2n) is 4.64. The van der Waals surface area contributed by atoms with Gasteiger partial charge in [-0.15, -0.1) is 0 Å². The van der Waals surface area contributed by atoms with E-state index in [9.17, 15) is 4.79 Å². The van der Waals surface area contributed by atoms with Crippen LogP contribution < -0.4 is 5.32 Å². The number of carbonyl (C=O) groups is 1. The molecule has 106 valence electrons. The van der Waals surface area contributed by atoms with Gasteiger partial charge in [0.1, 0.15) is 0 Å². The van der Waals surface area contributed by atoms with Crippen LogP contribution in [0.1, 0.15) is 16.1 Å². The van der Waals surface area contributed by atoms with E-state index in [-0.39, 0.29) is 5.76 Å². The van der Waals surface area contributed by atoms with Gasteiger partial charge in [0, 0.05) is 24.2 Å². The number of fused-ring (bicyclic) bond motifs is 1. The number of pyridine rings is 1. The lowest BCUT2D eigenvalue weighted by molar-refractivity contribution is 0.0663. The number of anilines is 1. The lowest BCUT2D eigenvalue weighted by atomic mass is 10.1. The Morgan fingerprint density at radius 1 is 1.19 bits per heavy atom. The van der Waals surface area contributed by atoms with E-state index >= 15 is 0 Å². The highest BCUT2D eigenvalue weighted by atomic mass is 16.4. The Morgan fingerprint density at radius 3 is 2.86 bits per heavy atom. The van der Waals surface area contributed by atoms with Crippen molar-refractivity contribution in [2.75, 3.05) is 11.9 Å². The third-order valence-corrected chi connectivity index (χ3v) is 3.23. The highest BCUT2D eigenvalue weighted by molar-refractivity contribution is 5.84. The summed E-state index contributed by atoms with van der Waals surface area (Å²) in [6.45, 7) is 0.641. The monoisotopic (exact) mass is 282 g/mol. The van der Waals surface area contributed by atoms with E-state index in [0.717, 1.165) is 22.9 Å². The number of furan rings is 1. The van der Waals surface area contributed by atoms with Crippen molar-refractivity contribution in [2.45, 2.75) is 6.42 Å². The first-order valence-electron chi connectivity index (χ1n) is 6.63. The number of rotatable bonds is 5. The number of benzene rings is 1. The summed E-state index contributed by atoms with van der Waals surface area (Å²) in [6.07, 6.45) is 2.56. The molecule has 0 aliphatic heterocycles. The van der Waals surface area contributed by atoms with Crippen LogP contribution in [0.4, 0.5) is 5.88 Å². The van der Waals surface area contributed by atoms with Crippen LogP contribution in [-0.4, -0.2) is 22.6 Å². The Balaban J connectivity index is 1.68. The molecule has 0 fully saturated rings. The minimum absolute atomic E-state index is 0.0654. The SMILES string of the molecule is O=C(O)c1ccc(NCCc2cccc3cccnc23)o1. The van der Waals surface area contributed by atoms with Crippen molar-refractivity contribution in [3.8, 4) is 0 Å². The molecule has 0 bridgehead atoms. The van der Waals surface area contributed by atoms with Crippen LogP contribution in [0.5, 0.6) is 0 Å². The number of carboxylic acids is 1. The van der Waals surface area contributed by atoms with Crippen molar-refractivity contribution >= 4 is 22.8 Å². The number of hydrogen-bond acceptors (Lipinski definition) is 4. The molecule has 0 radical (unpaired) electrons. The zero-order chi connectivity index (χ0) is 14.7. The number of carboxylic acid groups (broad SMARTS) is 1. The van der Waals surface area contributed by atoms with Gasteiger partial charge in [0.15, 0.2) is 5.88 Å². The van der Waals surface area contributed by atoms with Gasteiger partial charge in [-0.3, -0.25) is 4.98 Å². The third kappa shape index (κ3) is 2.86. The predicted octanol–water partition coefficient (Wildman–Crippen LogP) is 3.18.